The van der Waals surface area contributed by atoms with E-state index >= 15 is 0 Å². The zero-order valence-corrected chi connectivity index (χ0v) is 14.6. The molecule has 122 valence electrons. The maximum absolute atomic E-state index is 12.6. The van der Waals surface area contributed by atoms with Gasteiger partial charge in [-0.1, -0.05) is 23.2 Å². The van der Waals surface area contributed by atoms with E-state index in [1.807, 2.05) is 0 Å². The summed E-state index contributed by atoms with van der Waals surface area (Å²) in [6, 6.07) is 10.1. The number of hydrogen-bond acceptors (Lipinski definition) is 4. The summed E-state index contributed by atoms with van der Waals surface area (Å²) in [5.41, 5.74) is 0.370. The monoisotopic (exact) mass is 373 g/mol. The van der Waals surface area contributed by atoms with Crippen LogP contribution in [0.1, 0.15) is 10.4 Å². The zero-order chi connectivity index (χ0) is 17.2. The molecule has 0 fully saturated rings. The Kier molecular flexibility index (Phi) is 5.19. The number of rotatable bonds is 4. The molecule has 0 saturated carbocycles. The molecule has 0 aliphatic carbocycles. The van der Waals surface area contributed by atoms with Gasteiger partial charge < -0.3 is 4.74 Å². The van der Waals surface area contributed by atoms with Crippen LogP contribution in [0, 0.1) is 0 Å². The molecule has 2 aromatic carbocycles. The van der Waals surface area contributed by atoms with Gasteiger partial charge in [-0.05, 0) is 42.5 Å². The lowest BCUT2D eigenvalue weighted by atomic mass is 10.2. The van der Waals surface area contributed by atoms with Crippen LogP contribution in [0.2, 0.25) is 10.0 Å². The van der Waals surface area contributed by atoms with E-state index in [2.05, 4.69) is 4.74 Å². The van der Waals surface area contributed by atoms with Crippen LogP contribution >= 0.6 is 23.2 Å². The predicted molar refractivity (Wildman–Crippen MR) is 89.8 cm³/mol. The third-order valence-corrected chi connectivity index (χ3v) is 5.57. The molecule has 0 aliphatic rings. The third kappa shape index (κ3) is 3.60. The number of halogens is 2. The Morgan fingerprint density at radius 2 is 1.70 bits per heavy atom. The highest BCUT2D eigenvalue weighted by molar-refractivity contribution is 7.92. The maximum Gasteiger partial charge on any atom is 0.339 e. The van der Waals surface area contributed by atoms with E-state index in [-0.39, 0.29) is 21.2 Å². The molecule has 23 heavy (non-hydrogen) atoms. The number of carbonyl (C=O) groups is 1. The smallest absolute Gasteiger partial charge is 0.339 e. The summed E-state index contributed by atoms with van der Waals surface area (Å²) in [6.07, 6.45) is 0. The van der Waals surface area contributed by atoms with Crippen LogP contribution in [0.4, 0.5) is 5.69 Å². The van der Waals surface area contributed by atoms with Crippen molar-refractivity contribution < 1.29 is 17.9 Å². The minimum absolute atomic E-state index is 0.0824. The predicted octanol–water partition coefficient (Wildman–Crippen LogP) is 3.61. The average molecular weight is 374 g/mol. The number of carbonyl (C=O) groups excluding carboxylic acids is 1. The lowest BCUT2D eigenvalue weighted by Gasteiger charge is -2.20. The molecule has 0 aromatic heterocycles. The fourth-order valence-electron chi connectivity index (χ4n) is 1.88. The van der Waals surface area contributed by atoms with Crippen molar-refractivity contribution in [2.45, 2.75) is 4.90 Å². The quantitative estimate of drug-likeness (QED) is 0.767. The van der Waals surface area contributed by atoms with E-state index in [1.165, 1.54) is 56.6 Å². The molecule has 0 heterocycles. The second-order valence-corrected chi connectivity index (χ2v) is 7.40. The molecule has 2 rings (SSSR count). The van der Waals surface area contributed by atoms with Gasteiger partial charge in [0.1, 0.15) is 0 Å². The second-order valence-electron chi connectivity index (χ2n) is 4.58. The molecule has 0 amide bonds. The molecule has 0 saturated heterocycles. The standard InChI is InChI=1S/C15H13Cl2NO4S/c1-18(23(20,21)12-6-3-10(16)4-7-12)11-5-8-14(17)13(9-11)15(19)22-2/h3-9H,1-2H3. The fourth-order valence-corrected chi connectivity index (χ4v) is 3.39. The number of sulfonamides is 1. The Labute approximate surface area is 144 Å². The van der Waals surface area contributed by atoms with Gasteiger partial charge in [0.2, 0.25) is 0 Å². The average Bonchev–Trinajstić information content (AvgIpc) is 2.54. The van der Waals surface area contributed by atoms with E-state index in [0.29, 0.717) is 5.02 Å². The fraction of sp³-hybridized carbons (Fsp3) is 0.133. The summed E-state index contributed by atoms with van der Waals surface area (Å²) >= 11 is 11.7. The first-order valence-corrected chi connectivity index (χ1v) is 8.59. The number of esters is 1. The lowest BCUT2D eigenvalue weighted by Crippen LogP contribution is -2.26. The summed E-state index contributed by atoms with van der Waals surface area (Å²) in [6.45, 7) is 0. The van der Waals surface area contributed by atoms with E-state index in [4.69, 9.17) is 23.2 Å². The van der Waals surface area contributed by atoms with Gasteiger partial charge in [0.25, 0.3) is 10.0 Å². The van der Waals surface area contributed by atoms with Gasteiger partial charge in [0, 0.05) is 12.1 Å². The summed E-state index contributed by atoms with van der Waals surface area (Å²) in [4.78, 5) is 11.8. The van der Waals surface area contributed by atoms with Crippen molar-refractivity contribution in [3.05, 3.63) is 58.1 Å². The molecule has 0 aliphatic heterocycles. The Hall–Kier alpha value is -1.76. The largest absolute Gasteiger partial charge is 0.465 e. The number of nitrogens with zero attached hydrogens (tertiary/aromatic N) is 1. The van der Waals surface area contributed by atoms with Gasteiger partial charge in [0.15, 0.2) is 0 Å². The second kappa shape index (κ2) is 6.78. The van der Waals surface area contributed by atoms with Crippen molar-refractivity contribution in [1.29, 1.82) is 0 Å². The summed E-state index contributed by atoms with van der Waals surface area (Å²) < 4.78 is 30.9. The molecule has 0 bridgehead atoms. The van der Waals surface area contributed by atoms with Crippen LogP contribution in [-0.2, 0) is 14.8 Å². The van der Waals surface area contributed by atoms with Crippen LogP contribution in [0.3, 0.4) is 0 Å². The SMILES string of the molecule is COC(=O)c1cc(N(C)S(=O)(=O)c2ccc(Cl)cc2)ccc1Cl. The number of methoxy groups -OCH3 is 1. The molecular formula is C15H13Cl2NO4S. The first-order valence-electron chi connectivity index (χ1n) is 6.39. The van der Waals surface area contributed by atoms with E-state index < -0.39 is 16.0 Å². The number of hydrogen-bond donors (Lipinski definition) is 0. The maximum atomic E-state index is 12.6. The van der Waals surface area contributed by atoms with Gasteiger partial charge in [-0.15, -0.1) is 0 Å². The van der Waals surface area contributed by atoms with Crippen molar-refractivity contribution in [2.75, 3.05) is 18.5 Å². The van der Waals surface area contributed by atoms with Crippen molar-refractivity contribution in [1.82, 2.24) is 0 Å². The normalized spacial score (nSPS) is 11.1. The van der Waals surface area contributed by atoms with Crippen LogP contribution < -0.4 is 4.31 Å². The van der Waals surface area contributed by atoms with Crippen LogP contribution in [0.25, 0.3) is 0 Å². The van der Waals surface area contributed by atoms with Gasteiger partial charge in [-0.25, -0.2) is 13.2 Å². The highest BCUT2D eigenvalue weighted by Gasteiger charge is 2.23. The summed E-state index contributed by atoms with van der Waals surface area (Å²) in [7, 11) is -1.19. The van der Waals surface area contributed by atoms with Crippen molar-refractivity contribution in [3.8, 4) is 0 Å². The Morgan fingerprint density at radius 1 is 1.09 bits per heavy atom. The summed E-state index contributed by atoms with van der Waals surface area (Å²) in [5.74, 6) is -0.644. The molecule has 5 nitrogen and oxygen atoms in total. The number of benzene rings is 2. The number of anilines is 1. The molecule has 0 radical (unpaired) electrons. The van der Waals surface area contributed by atoms with Crippen LogP contribution in [0.5, 0.6) is 0 Å². The van der Waals surface area contributed by atoms with Gasteiger partial charge in [0.05, 0.1) is 28.3 Å². The third-order valence-electron chi connectivity index (χ3n) is 3.19. The van der Waals surface area contributed by atoms with E-state index in [9.17, 15) is 13.2 Å². The summed E-state index contributed by atoms with van der Waals surface area (Å²) in [5, 5.41) is 0.615. The Bertz CT molecular complexity index is 835. The van der Waals surface area contributed by atoms with Gasteiger partial charge >= 0.3 is 5.97 Å². The Balaban J connectivity index is 2.45. The Morgan fingerprint density at radius 3 is 2.26 bits per heavy atom. The molecule has 2 aromatic rings. The van der Waals surface area contributed by atoms with Gasteiger partial charge in [-0.2, -0.15) is 0 Å². The van der Waals surface area contributed by atoms with Crippen molar-refractivity contribution in [2.24, 2.45) is 0 Å². The van der Waals surface area contributed by atoms with E-state index in [1.54, 1.807) is 0 Å². The highest BCUT2D eigenvalue weighted by Crippen LogP contribution is 2.27. The first kappa shape index (κ1) is 17.6. The van der Waals surface area contributed by atoms with E-state index in [0.717, 1.165) is 4.31 Å². The lowest BCUT2D eigenvalue weighted by molar-refractivity contribution is 0.0601. The minimum atomic E-state index is -3.79. The highest BCUT2D eigenvalue weighted by atomic mass is 35.5. The molecule has 0 unspecified atom stereocenters. The van der Waals surface area contributed by atoms with Crippen LogP contribution in [-0.4, -0.2) is 28.5 Å². The topological polar surface area (TPSA) is 63.7 Å². The zero-order valence-electron chi connectivity index (χ0n) is 12.3. The van der Waals surface area contributed by atoms with Crippen molar-refractivity contribution in [3.63, 3.8) is 0 Å². The number of ether oxygens (including phenoxy) is 1. The van der Waals surface area contributed by atoms with Crippen molar-refractivity contribution >= 4 is 44.9 Å². The molecule has 0 spiro atoms. The first-order chi connectivity index (χ1) is 10.8. The molecule has 0 atom stereocenters. The molecular weight excluding hydrogens is 361 g/mol. The van der Waals surface area contributed by atoms with Gasteiger partial charge in [-0.3, -0.25) is 4.31 Å². The molecule has 0 N–H and O–H groups in total. The minimum Gasteiger partial charge on any atom is -0.465 e. The molecule has 8 heteroatoms. The van der Waals surface area contributed by atoms with Crippen LogP contribution in [0.15, 0.2) is 47.4 Å².